The zero-order valence-electron chi connectivity index (χ0n) is 10.9. The predicted octanol–water partition coefficient (Wildman–Crippen LogP) is 2.45. The molecule has 0 bridgehead atoms. The highest BCUT2D eigenvalue weighted by Gasteiger charge is 2.22. The molecule has 0 saturated heterocycles. The summed E-state index contributed by atoms with van der Waals surface area (Å²) in [6.07, 6.45) is 8.06. The molecule has 1 aromatic heterocycles. The normalized spacial score (nSPS) is 23.0. The van der Waals surface area contributed by atoms with Gasteiger partial charge in [0.25, 0.3) is 0 Å². The lowest BCUT2D eigenvalue weighted by Crippen LogP contribution is -2.28. The van der Waals surface area contributed by atoms with Crippen LogP contribution in [0.5, 0.6) is 0 Å². The summed E-state index contributed by atoms with van der Waals surface area (Å²) in [6.45, 7) is 0. The zero-order valence-corrected chi connectivity index (χ0v) is 11.7. The first-order valence-corrected chi connectivity index (χ1v) is 7.67. The number of aromatic carboxylic acids is 1. The molecule has 1 aliphatic carbocycles. The van der Waals surface area contributed by atoms with E-state index in [4.69, 9.17) is 10.8 Å². The van der Waals surface area contributed by atoms with Gasteiger partial charge in [0.2, 0.25) is 0 Å². The summed E-state index contributed by atoms with van der Waals surface area (Å²) in [4.78, 5) is 15.3. The minimum Gasteiger partial charge on any atom is -0.478 e. The van der Waals surface area contributed by atoms with E-state index in [0.717, 1.165) is 30.9 Å². The van der Waals surface area contributed by atoms with Crippen LogP contribution in [0.2, 0.25) is 0 Å². The minimum absolute atomic E-state index is 0.145. The van der Waals surface area contributed by atoms with Crippen LogP contribution in [-0.2, 0) is 0 Å². The van der Waals surface area contributed by atoms with Gasteiger partial charge in [-0.05, 0) is 38.0 Å². The highest BCUT2D eigenvalue weighted by molar-refractivity contribution is 7.99. The van der Waals surface area contributed by atoms with Gasteiger partial charge in [0.1, 0.15) is 11.4 Å². The number of aromatic nitrogens is 1. The number of carboxylic acid groups (broad SMARTS) is 1. The number of thioether (sulfide) groups is 1. The van der Waals surface area contributed by atoms with Gasteiger partial charge in [-0.15, -0.1) is 0 Å². The molecule has 6 heteroatoms. The monoisotopic (exact) mass is 281 g/mol. The van der Waals surface area contributed by atoms with Crippen molar-refractivity contribution >= 4 is 29.2 Å². The molecule has 1 aliphatic rings. The SMILES string of the molecule is CSC1CCC(Nc2ncc(N)cc2C(=O)O)CC1. The third-order valence-electron chi connectivity index (χ3n) is 3.49. The van der Waals surface area contributed by atoms with Crippen LogP contribution in [-0.4, -0.2) is 33.6 Å². The number of pyridine rings is 1. The van der Waals surface area contributed by atoms with Gasteiger partial charge < -0.3 is 16.2 Å². The van der Waals surface area contributed by atoms with E-state index in [9.17, 15) is 4.79 Å². The second kappa shape index (κ2) is 6.14. The van der Waals surface area contributed by atoms with Crippen molar-refractivity contribution in [3.8, 4) is 0 Å². The summed E-state index contributed by atoms with van der Waals surface area (Å²) < 4.78 is 0. The molecule has 5 nitrogen and oxygen atoms in total. The van der Waals surface area contributed by atoms with Crippen LogP contribution in [0.3, 0.4) is 0 Å². The molecule has 2 rings (SSSR count). The Morgan fingerprint density at radius 1 is 1.47 bits per heavy atom. The largest absolute Gasteiger partial charge is 0.478 e. The number of hydrogen-bond donors (Lipinski definition) is 3. The van der Waals surface area contributed by atoms with Gasteiger partial charge in [0.05, 0.1) is 11.9 Å². The van der Waals surface area contributed by atoms with Gasteiger partial charge in [-0.3, -0.25) is 0 Å². The van der Waals surface area contributed by atoms with Crippen molar-refractivity contribution in [1.82, 2.24) is 4.98 Å². The Kier molecular flexibility index (Phi) is 4.52. The topological polar surface area (TPSA) is 88.2 Å². The highest BCUT2D eigenvalue weighted by atomic mass is 32.2. The Morgan fingerprint density at radius 3 is 2.74 bits per heavy atom. The number of nitrogens with two attached hydrogens (primary N) is 1. The van der Waals surface area contributed by atoms with Crippen LogP contribution >= 0.6 is 11.8 Å². The molecule has 1 fully saturated rings. The molecule has 1 heterocycles. The van der Waals surface area contributed by atoms with Crippen LogP contribution in [0.15, 0.2) is 12.3 Å². The van der Waals surface area contributed by atoms with Gasteiger partial charge in [-0.1, -0.05) is 0 Å². The Balaban J connectivity index is 2.05. The first kappa shape index (κ1) is 14.0. The van der Waals surface area contributed by atoms with Crippen molar-refractivity contribution in [1.29, 1.82) is 0 Å². The summed E-state index contributed by atoms with van der Waals surface area (Å²) >= 11 is 1.91. The Labute approximate surface area is 117 Å². The molecule has 0 unspecified atom stereocenters. The van der Waals surface area contributed by atoms with Gasteiger partial charge >= 0.3 is 5.97 Å². The van der Waals surface area contributed by atoms with Crippen molar-refractivity contribution in [3.05, 3.63) is 17.8 Å². The lowest BCUT2D eigenvalue weighted by atomic mass is 9.95. The fourth-order valence-corrected chi connectivity index (χ4v) is 3.14. The van der Waals surface area contributed by atoms with Crippen LogP contribution in [0.25, 0.3) is 0 Å². The molecule has 0 spiro atoms. The average Bonchev–Trinajstić information content (AvgIpc) is 2.41. The number of carboxylic acids is 1. The molecule has 1 saturated carbocycles. The van der Waals surface area contributed by atoms with E-state index in [1.807, 2.05) is 11.8 Å². The van der Waals surface area contributed by atoms with Crippen LogP contribution < -0.4 is 11.1 Å². The van der Waals surface area contributed by atoms with Crippen LogP contribution in [0.1, 0.15) is 36.0 Å². The lowest BCUT2D eigenvalue weighted by molar-refractivity contribution is 0.0697. The molecule has 0 atom stereocenters. The molecule has 0 aromatic carbocycles. The number of nitrogen functional groups attached to an aromatic ring is 1. The predicted molar refractivity (Wildman–Crippen MR) is 78.8 cm³/mol. The maximum Gasteiger partial charge on any atom is 0.339 e. The molecule has 4 N–H and O–H groups in total. The summed E-state index contributed by atoms with van der Waals surface area (Å²) in [5, 5.41) is 13.1. The van der Waals surface area contributed by atoms with Gasteiger partial charge in [-0.2, -0.15) is 11.8 Å². The maximum atomic E-state index is 11.2. The van der Waals surface area contributed by atoms with E-state index < -0.39 is 5.97 Å². The van der Waals surface area contributed by atoms with Gasteiger partial charge in [0, 0.05) is 11.3 Å². The second-order valence-electron chi connectivity index (χ2n) is 4.82. The quantitative estimate of drug-likeness (QED) is 0.785. The third-order valence-corrected chi connectivity index (χ3v) is 4.63. The van der Waals surface area contributed by atoms with E-state index in [-0.39, 0.29) is 5.56 Å². The number of anilines is 2. The number of nitrogens with zero attached hydrogens (tertiary/aromatic N) is 1. The van der Waals surface area contributed by atoms with Gasteiger partial charge in [0.15, 0.2) is 0 Å². The standard InChI is InChI=1S/C13H19N3O2S/c1-19-10-4-2-9(3-5-10)16-12-11(13(17)18)6-8(14)7-15-12/h6-7,9-10H,2-5,14H2,1H3,(H,15,16)(H,17,18). The van der Waals surface area contributed by atoms with Crippen molar-refractivity contribution < 1.29 is 9.90 Å². The maximum absolute atomic E-state index is 11.2. The summed E-state index contributed by atoms with van der Waals surface area (Å²) in [7, 11) is 0. The van der Waals surface area contributed by atoms with E-state index in [2.05, 4.69) is 16.6 Å². The summed E-state index contributed by atoms with van der Waals surface area (Å²) in [6, 6.07) is 1.75. The highest BCUT2D eigenvalue weighted by Crippen LogP contribution is 2.29. The fourth-order valence-electron chi connectivity index (χ4n) is 2.40. The number of carbonyl (C=O) groups is 1. The number of hydrogen-bond acceptors (Lipinski definition) is 5. The summed E-state index contributed by atoms with van der Waals surface area (Å²) in [5.41, 5.74) is 6.09. The van der Waals surface area contributed by atoms with Gasteiger partial charge in [-0.25, -0.2) is 9.78 Å². The van der Waals surface area contributed by atoms with E-state index >= 15 is 0 Å². The molecular weight excluding hydrogens is 262 g/mol. The molecule has 19 heavy (non-hydrogen) atoms. The molecule has 0 amide bonds. The smallest absolute Gasteiger partial charge is 0.339 e. The van der Waals surface area contributed by atoms with Crippen molar-refractivity contribution in [2.45, 2.75) is 37.0 Å². The zero-order chi connectivity index (χ0) is 13.8. The van der Waals surface area contributed by atoms with Crippen molar-refractivity contribution in [2.24, 2.45) is 0 Å². The fraction of sp³-hybridized carbons (Fsp3) is 0.538. The first-order chi connectivity index (χ1) is 9.10. The Hall–Kier alpha value is -1.43. The molecule has 0 radical (unpaired) electrons. The van der Waals surface area contributed by atoms with Crippen molar-refractivity contribution in [2.75, 3.05) is 17.3 Å². The molecule has 104 valence electrons. The van der Waals surface area contributed by atoms with Crippen molar-refractivity contribution in [3.63, 3.8) is 0 Å². The molecular formula is C13H19N3O2S. The second-order valence-corrected chi connectivity index (χ2v) is 5.96. The molecule has 0 aliphatic heterocycles. The lowest BCUT2D eigenvalue weighted by Gasteiger charge is -2.28. The number of nitrogens with one attached hydrogen (secondary N) is 1. The minimum atomic E-state index is -1.000. The Bertz CT molecular complexity index is 459. The third kappa shape index (κ3) is 3.53. The first-order valence-electron chi connectivity index (χ1n) is 6.38. The molecule has 1 aromatic rings. The van der Waals surface area contributed by atoms with Crippen LogP contribution in [0.4, 0.5) is 11.5 Å². The number of rotatable bonds is 4. The van der Waals surface area contributed by atoms with E-state index in [1.54, 1.807) is 0 Å². The average molecular weight is 281 g/mol. The van der Waals surface area contributed by atoms with E-state index in [1.165, 1.54) is 12.3 Å². The Morgan fingerprint density at radius 2 is 2.16 bits per heavy atom. The van der Waals surface area contributed by atoms with Crippen LogP contribution in [0, 0.1) is 0 Å². The van der Waals surface area contributed by atoms with E-state index in [0.29, 0.717) is 17.5 Å². The summed E-state index contributed by atoms with van der Waals surface area (Å²) in [5.74, 6) is -0.575.